The molecule has 0 bridgehead atoms. The number of fused-ring (bicyclic) bond motifs is 1. The van der Waals surface area contributed by atoms with Crippen LogP contribution in [-0.4, -0.2) is 34.5 Å². The first kappa shape index (κ1) is 19.3. The van der Waals surface area contributed by atoms with Crippen LogP contribution >= 0.6 is 11.3 Å². The number of hydrogen-bond acceptors (Lipinski definition) is 5. The summed E-state index contributed by atoms with van der Waals surface area (Å²) in [7, 11) is 0. The van der Waals surface area contributed by atoms with Crippen molar-refractivity contribution < 1.29 is 4.79 Å². The number of carbonyl (C=O) groups is 1. The lowest BCUT2D eigenvalue weighted by atomic mass is 10.1. The molecule has 0 radical (unpaired) electrons. The van der Waals surface area contributed by atoms with Crippen molar-refractivity contribution in [3.05, 3.63) is 41.5 Å². The Kier molecular flexibility index (Phi) is 5.46. The molecule has 3 rings (SSSR count). The van der Waals surface area contributed by atoms with Gasteiger partial charge >= 0.3 is 0 Å². The van der Waals surface area contributed by atoms with Crippen LogP contribution in [0.3, 0.4) is 0 Å². The van der Waals surface area contributed by atoms with Crippen molar-refractivity contribution in [1.29, 1.82) is 0 Å². The molecule has 0 aliphatic carbocycles. The molecule has 0 unspecified atom stereocenters. The van der Waals surface area contributed by atoms with Gasteiger partial charge in [-0.05, 0) is 40.2 Å². The minimum atomic E-state index is -0.259. The second-order valence-electron chi connectivity index (χ2n) is 7.60. The number of benzene rings is 1. The Morgan fingerprint density at radius 2 is 1.89 bits per heavy atom. The molecule has 2 heterocycles. The van der Waals surface area contributed by atoms with Crippen LogP contribution in [0.4, 0.5) is 5.82 Å². The first-order valence-electron chi connectivity index (χ1n) is 9.15. The third kappa shape index (κ3) is 4.45. The van der Waals surface area contributed by atoms with E-state index in [0.717, 1.165) is 27.2 Å². The fraction of sp³-hybridized carbons (Fsp3) is 0.381. The Hall–Kier alpha value is -2.47. The maximum atomic E-state index is 12.5. The predicted octanol–water partition coefficient (Wildman–Crippen LogP) is 4.41. The maximum Gasteiger partial charge on any atom is 0.239 e. The molecule has 0 aliphatic heterocycles. The molecule has 3 aromatic rings. The highest BCUT2D eigenvalue weighted by molar-refractivity contribution is 7.17. The Bertz CT molecular complexity index is 944. The summed E-state index contributed by atoms with van der Waals surface area (Å²) in [6, 6.07) is 10.3. The van der Waals surface area contributed by atoms with Gasteiger partial charge in [0.2, 0.25) is 5.91 Å². The summed E-state index contributed by atoms with van der Waals surface area (Å²) in [6.45, 7) is 10.9. The number of nitrogens with one attached hydrogen (secondary N) is 1. The maximum absolute atomic E-state index is 12.5. The first-order chi connectivity index (χ1) is 12.8. The zero-order chi connectivity index (χ0) is 19.6. The van der Waals surface area contributed by atoms with Crippen molar-refractivity contribution in [2.45, 2.75) is 40.2 Å². The van der Waals surface area contributed by atoms with Crippen molar-refractivity contribution in [1.82, 2.24) is 15.3 Å². The summed E-state index contributed by atoms with van der Waals surface area (Å²) in [5, 5.41) is 6.18. The summed E-state index contributed by atoms with van der Waals surface area (Å²) >= 11 is 1.62. The molecule has 0 aliphatic rings. The molecular formula is C21H26N4OS. The molecule has 5 nitrogen and oxygen atoms in total. The van der Waals surface area contributed by atoms with E-state index in [1.807, 2.05) is 57.7 Å². The monoisotopic (exact) mass is 382 g/mol. The molecule has 142 valence electrons. The van der Waals surface area contributed by atoms with Crippen LogP contribution in [0.1, 0.15) is 33.5 Å². The molecule has 0 atom stereocenters. The second-order valence-corrected chi connectivity index (χ2v) is 8.46. The van der Waals surface area contributed by atoms with E-state index in [1.54, 1.807) is 11.3 Å². The number of hydrogen-bond donors (Lipinski definition) is 1. The van der Waals surface area contributed by atoms with Gasteiger partial charge in [0.15, 0.2) is 0 Å². The molecular weight excluding hydrogens is 356 g/mol. The fourth-order valence-electron chi connectivity index (χ4n) is 3.05. The highest BCUT2D eigenvalue weighted by Crippen LogP contribution is 2.38. The molecule has 0 saturated heterocycles. The normalized spacial score (nSPS) is 11.6. The van der Waals surface area contributed by atoms with Crippen molar-refractivity contribution >= 4 is 33.3 Å². The molecule has 27 heavy (non-hydrogen) atoms. The van der Waals surface area contributed by atoms with Gasteiger partial charge in [0.05, 0.1) is 11.9 Å². The number of aryl methyl sites for hydroxylation is 1. The van der Waals surface area contributed by atoms with Gasteiger partial charge in [-0.25, -0.2) is 9.97 Å². The van der Waals surface area contributed by atoms with Gasteiger partial charge in [0.25, 0.3) is 0 Å². The Labute approximate surface area is 164 Å². The van der Waals surface area contributed by atoms with Gasteiger partial charge < -0.3 is 10.2 Å². The number of nitrogens with zero attached hydrogens (tertiary/aromatic N) is 3. The SMILES string of the molecule is CCN(CC(=O)NC(C)(C)C)c1nc(C)nc2scc(-c3ccccc3)c12. The van der Waals surface area contributed by atoms with Crippen LogP contribution in [0.25, 0.3) is 21.3 Å². The third-order valence-corrected chi connectivity index (χ3v) is 5.01. The van der Waals surface area contributed by atoms with E-state index < -0.39 is 0 Å². The number of thiophene rings is 1. The topological polar surface area (TPSA) is 58.1 Å². The smallest absolute Gasteiger partial charge is 0.239 e. The van der Waals surface area contributed by atoms with Crippen molar-refractivity contribution in [3.8, 4) is 11.1 Å². The lowest BCUT2D eigenvalue weighted by Crippen LogP contribution is -2.46. The van der Waals surface area contributed by atoms with Crippen molar-refractivity contribution in [2.75, 3.05) is 18.0 Å². The van der Waals surface area contributed by atoms with Gasteiger partial charge in [0.1, 0.15) is 16.5 Å². The average molecular weight is 383 g/mol. The Morgan fingerprint density at radius 3 is 2.52 bits per heavy atom. The van der Waals surface area contributed by atoms with E-state index in [2.05, 4.69) is 27.8 Å². The van der Waals surface area contributed by atoms with Crippen LogP contribution < -0.4 is 10.2 Å². The van der Waals surface area contributed by atoms with E-state index in [1.165, 1.54) is 0 Å². The zero-order valence-corrected chi connectivity index (χ0v) is 17.4. The van der Waals surface area contributed by atoms with Crippen LogP contribution in [0, 0.1) is 6.92 Å². The molecule has 0 spiro atoms. The van der Waals surface area contributed by atoms with Crippen molar-refractivity contribution in [2.24, 2.45) is 0 Å². The number of anilines is 1. The highest BCUT2D eigenvalue weighted by Gasteiger charge is 2.21. The Morgan fingerprint density at radius 1 is 1.19 bits per heavy atom. The average Bonchev–Trinajstić information content (AvgIpc) is 3.02. The van der Waals surface area contributed by atoms with Crippen LogP contribution in [0.2, 0.25) is 0 Å². The minimum absolute atomic E-state index is 0.00902. The highest BCUT2D eigenvalue weighted by atomic mass is 32.1. The van der Waals surface area contributed by atoms with Gasteiger partial charge in [0, 0.05) is 23.0 Å². The minimum Gasteiger partial charge on any atom is -0.350 e. The second kappa shape index (κ2) is 7.64. The van der Waals surface area contributed by atoms with E-state index in [-0.39, 0.29) is 18.0 Å². The molecule has 1 amide bonds. The van der Waals surface area contributed by atoms with E-state index in [9.17, 15) is 4.79 Å². The third-order valence-electron chi connectivity index (χ3n) is 4.14. The van der Waals surface area contributed by atoms with E-state index >= 15 is 0 Å². The van der Waals surface area contributed by atoms with Crippen LogP contribution in [-0.2, 0) is 4.79 Å². The summed E-state index contributed by atoms with van der Waals surface area (Å²) < 4.78 is 0. The van der Waals surface area contributed by atoms with E-state index in [0.29, 0.717) is 12.4 Å². The van der Waals surface area contributed by atoms with Gasteiger partial charge in [-0.1, -0.05) is 30.3 Å². The summed E-state index contributed by atoms with van der Waals surface area (Å²) in [6.07, 6.45) is 0. The summed E-state index contributed by atoms with van der Waals surface area (Å²) in [5.74, 6) is 1.53. The van der Waals surface area contributed by atoms with E-state index in [4.69, 9.17) is 4.98 Å². The first-order valence-corrected chi connectivity index (χ1v) is 10.0. The summed E-state index contributed by atoms with van der Waals surface area (Å²) in [4.78, 5) is 24.8. The number of aromatic nitrogens is 2. The van der Waals surface area contributed by atoms with Crippen LogP contribution in [0.5, 0.6) is 0 Å². The van der Waals surface area contributed by atoms with Crippen LogP contribution in [0.15, 0.2) is 35.7 Å². The zero-order valence-electron chi connectivity index (χ0n) is 16.5. The predicted molar refractivity (Wildman–Crippen MR) is 113 cm³/mol. The lowest BCUT2D eigenvalue weighted by molar-refractivity contribution is -0.121. The standard InChI is InChI=1S/C21H26N4OS/c1-6-25(12-17(26)24-21(3,4)5)19-18-16(15-10-8-7-9-11-15)13-27-20(18)23-14(2)22-19/h7-11,13H,6,12H2,1-5H3,(H,24,26). The van der Waals surface area contributed by atoms with Gasteiger partial charge in [-0.3, -0.25) is 4.79 Å². The number of rotatable bonds is 5. The molecule has 0 fully saturated rings. The molecule has 1 N–H and O–H groups in total. The molecule has 0 saturated carbocycles. The van der Waals surface area contributed by atoms with Gasteiger partial charge in [-0.2, -0.15) is 0 Å². The van der Waals surface area contributed by atoms with Gasteiger partial charge in [-0.15, -0.1) is 11.3 Å². The number of amides is 1. The fourth-order valence-corrected chi connectivity index (χ4v) is 4.04. The number of likely N-dealkylation sites (N-methyl/N-ethyl adjacent to an activating group) is 1. The largest absolute Gasteiger partial charge is 0.350 e. The molecule has 2 aromatic heterocycles. The van der Waals surface area contributed by atoms with Crippen molar-refractivity contribution in [3.63, 3.8) is 0 Å². The molecule has 6 heteroatoms. The quantitative estimate of drug-likeness (QED) is 0.710. The Balaban J connectivity index is 2.06. The molecule has 1 aromatic carbocycles. The summed E-state index contributed by atoms with van der Waals surface area (Å²) in [5.41, 5.74) is 1.98. The number of carbonyl (C=O) groups excluding carboxylic acids is 1. The lowest BCUT2D eigenvalue weighted by Gasteiger charge is -2.26.